The number of aliphatic hydroxyl groups is 1. The highest BCUT2D eigenvalue weighted by Crippen LogP contribution is 2.39. The van der Waals surface area contributed by atoms with Gasteiger partial charge in [0.1, 0.15) is 0 Å². The number of rotatable bonds is 8. The van der Waals surface area contributed by atoms with Crippen molar-refractivity contribution in [3.05, 3.63) is 63.6 Å². The molecule has 1 aliphatic heterocycles. The van der Waals surface area contributed by atoms with E-state index in [-0.39, 0.29) is 5.91 Å². The number of benzene rings is 2. The van der Waals surface area contributed by atoms with Crippen molar-refractivity contribution < 1.29 is 14.6 Å². The van der Waals surface area contributed by atoms with E-state index in [1.807, 2.05) is 23.1 Å². The van der Waals surface area contributed by atoms with E-state index in [9.17, 15) is 9.90 Å². The molecular weight excluding hydrogens is 489 g/mol. The van der Waals surface area contributed by atoms with Crippen LogP contribution in [0.5, 0.6) is 0 Å². The molecule has 32 heavy (non-hydrogen) atoms. The van der Waals surface area contributed by atoms with Gasteiger partial charge in [-0.05, 0) is 68.0 Å². The maximum atomic E-state index is 13.0. The van der Waals surface area contributed by atoms with E-state index in [1.54, 1.807) is 25.1 Å². The SMILES string of the molecule is C=C(C(=O)N1CCC(CCOC(C)O)CC1)c1ccc(Sc2ccc(Cl)cc2Cl)c(Cl)c1. The molecule has 1 unspecified atom stereocenters. The fourth-order valence-electron chi connectivity index (χ4n) is 3.59. The summed E-state index contributed by atoms with van der Waals surface area (Å²) < 4.78 is 5.22. The first-order valence-electron chi connectivity index (χ1n) is 10.4. The second kappa shape index (κ2) is 11.8. The van der Waals surface area contributed by atoms with Crippen molar-refractivity contribution in [2.45, 2.75) is 42.3 Å². The summed E-state index contributed by atoms with van der Waals surface area (Å²) in [6.45, 7) is 7.55. The zero-order chi connectivity index (χ0) is 23.3. The van der Waals surface area contributed by atoms with Crippen LogP contribution in [0.2, 0.25) is 15.1 Å². The van der Waals surface area contributed by atoms with E-state index < -0.39 is 6.29 Å². The Hall–Kier alpha value is -1.21. The van der Waals surface area contributed by atoms with Crippen molar-refractivity contribution >= 4 is 58.0 Å². The van der Waals surface area contributed by atoms with E-state index in [4.69, 9.17) is 39.5 Å². The number of carbonyl (C=O) groups excluding carboxylic acids is 1. The van der Waals surface area contributed by atoms with Crippen LogP contribution >= 0.6 is 46.6 Å². The van der Waals surface area contributed by atoms with Crippen LogP contribution in [0.25, 0.3) is 5.57 Å². The van der Waals surface area contributed by atoms with E-state index in [0.29, 0.717) is 51.8 Å². The number of hydrogen-bond donors (Lipinski definition) is 1. The third-order valence-electron chi connectivity index (χ3n) is 5.44. The third-order valence-corrected chi connectivity index (χ3v) is 7.68. The molecule has 1 fully saturated rings. The maximum absolute atomic E-state index is 13.0. The Kier molecular flexibility index (Phi) is 9.35. The van der Waals surface area contributed by atoms with Gasteiger partial charge in [0.15, 0.2) is 6.29 Å². The number of nitrogens with zero attached hydrogens (tertiary/aromatic N) is 1. The number of likely N-dealkylation sites (tertiary alicyclic amines) is 1. The lowest BCUT2D eigenvalue weighted by Crippen LogP contribution is -2.39. The van der Waals surface area contributed by atoms with Crippen LogP contribution in [0.15, 0.2) is 52.8 Å². The van der Waals surface area contributed by atoms with Gasteiger partial charge in [-0.2, -0.15) is 0 Å². The number of amides is 1. The number of piperidine rings is 1. The normalized spacial score (nSPS) is 15.6. The van der Waals surface area contributed by atoms with Crippen molar-refractivity contribution in [1.29, 1.82) is 0 Å². The number of aliphatic hydroxyl groups excluding tert-OH is 1. The summed E-state index contributed by atoms with van der Waals surface area (Å²) in [7, 11) is 0. The lowest BCUT2D eigenvalue weighted by molar-refractivity contribution is -0.126. The predicted octanol–water partition coefficient (Wildman–Crippen LogP) is 6.79. The summed E-state index contributed by atoms with van der Waals surface area (Å²) in [6, 6.07) is 10.8. The van der Waals surface area contributed by atoms with E-state index in [0.717, 1.165) is 29.1 Å². The zero-order valence-electron chi connectivity index (χ0n) is 17.8. The van der Waals surface area contributed by atoms with Crippen molar-refractivity contribution in [2.75, 3.05) is 19.7 Å². The molecule has 1 aliphatic rings. The van der Waals surface area contributed by atoms with Gasteiger partial charge in [-0.1, -0.05) is 59.2 Å². The third kappa shape index (κ3) is 6.89. The Morgan fingerprint density at radius 2 is 1.78 bits per heavy atom. The van der Waals surface area contributed by atoms with Gasteiger partial charge in [0.25, 0.3) is 5.91 Å². The molecule has 1 heterocycles. The second-order valence-corrected chi connectivity index (χ2v) is 10.1. The van der Waals surface area contributed by atoms with Crippen molar-refractivity contribution in [1.82, 2.24) is 4.90 Å². The summed E-state index contributed by atoms with van der Waals surface area (Å²) in [5.41, 5.74) is 1.14. The summed E-state index contributed by atoms with van der Waals surface area (Å²) >= 11 is 20.2. The first-order chi connectivity index (χ1) is 15.2. The molecule has 2 aromatic rings. The molecule has 1 saturated heterocycles. The number of ether oxygens (including phenoxy) is 1. The Balaban J connectivity index is 1.58. The molecule has 1 N–H and O–H groups in total. The van der Waals surface area contributed by atoms with Gasteiger partial charge < -0.3 is 14.7 Å². The van der Waals surface area contributed by atoms with Gasteiger partial charge in [0.05, 0.1) is 10.0 Å². The molecule has 0 aromatic heterocycles. The fourth-order valence-corrected chi connectivity index (χ4v) is 5.23. The zero-order valence-corrected chi connectivity index (χ0v) is 20.9. The molecule has 3 rings (SSSR count). The Labute approximate surface area is 208 Å². The number of hydrogen-bond acceptors (Lipinski definition) is 4. The minimum atomic E-state index is -0.736. The molecule has 0 saturated carbocycles. The molecule has 0 radical (unpaired) electrons. The summed E-state index contributed by atoms with van der Waals surface area (Å²) in [6.07, 6.45) is 1.99. The molecule has 1 amide bonds. The lowest BCUT2D eigenvalue weighted by atomic mass is 9.93. The molecule has 2 aromatic carbocycles. The van der Waals surface area contributed by atoms with Crippen LogP contribution in [-0.4, -0.2) is 41.9 Å². The number of carbonyl (C=O) groups is 1. The summed E-state index contributed by atoms with van der Waals surface area (Å²) in [5, 5.41) is 10.9. The Bertz CT molecular complexity index is 975. The molecule has 172 valence electrons. The van der Waals surface area contributed by atoms with E-state index >= 15 is 0 Å². The van der Waals surface area contributed by atoms with Crippen LogP contribution in [-0.2, 0) is 9.53 Å². The molecule has 1 atom stereocenters. The molecule has 0 bridgehead atoms. The van der Waals surface area contributed by atoms with Crippen LogP contribution in [0.4, 0.5) is 0 Å². The minimum absolute atomic E-state index is 0.0686. The van der Waals surface area contributed by atoms with Gasteiger partial charge in [-0.25, -0.2) is 0 Å². The quantitative estimate of drug-likeness (QED) is 0.311. The van der Waals surface area contributed by atoms with Crippen LogP contribution in [0.3, 0.4) is 0 Å². The van der Waals surface area contributed by atoms with Gasteiger partial charge >= 0.3 is 0 Å². The van der Waals surface area contributed by atoms with Gasteiger partial charge in [-0.3, -0.25) is 4.79 Å². The van der Waals surface area contributed by atoms with Crippen molar-refractivity contribution in [3.63, 3.8) is 0 Å². The minimum Gasteiger partial charge on any atom is -0.368 e. The van der Waals surface area contributed by atoms with Crippen molar-refractivity contribution in [3.8, 4) is 0 Å². The first kappa shape index (κ1) is 25.4. The van der Waals surface area contributed by atoms with Crippen LogP contribution < -0.4 is 0 Å². The average Bonchev–Trinajstić information content (AvgIpc) is 2.76. The highest BCUT2D eigenvalue weighted by atomic mass is 35.5. The van der Waals surface area contributed by atoms with Crippen molar-refractivity contribution in [2.24, 2.45) is 5.92 Å². The fraction of sp³-hybridized carbons (Fsp3) is 0.375. The first-order valence-corrected chi connectivity index (χ1v) is 12.4. The van der Waals surface area contributed by atoms with E-state index in [1.165, 1.54) is 11.8 Å². The molecule has 0 aliphatic carbocycles. The van der Waals surface area contributed by atoms with Crippen LogP contribution in [0.1, 0.15) is 31.7 Å². The van der Waals surface area contributed by atoms with E-state index in [2.05, 4.69) is 6.58 Å². The van der Waals surface area contributed by atoms with Gasteiger partial charge in [0, 0.05) is 40.1 Å². The predicted molar refractivity (Wildman–Crippen MR) is 133 cm³/mol. The summed E-state index contributed by atoms with van der Waals surface area (Å²) in [5.74, 6) is 0.428. The largest absolute Gasteiger partial charge is 0.368 e. The Morgan fingerprint density at radius 1 is 1.16 bits per heavy atom. The maximum Gasteiger partial charge on any atom is 0.253 e. The second-order valence-electron chi connectivity index (χ2n) is 7.79. The highest BCUT2D eigenvalue weighted by molar-refractivity contribution is 7.99. The molecule has 0 spiro atoms. The topological polar surface area (TPSA) is 49.8 Å². The van der Waals surface area contributed by atoms with Gasteiger partial charge in [-0.15, -0.1) is 0 Å². The standard InChI is InChI=1S/C24H26Cl3NO3S/c1-15(24(30)28-10-7-17(8-11-28)9-12-31-16(2)29)18-3-5-22(20(26)13-18)32-23-6-4-19(25)14-21(23)27/h3-6,13-14,16-17,29H,1,7-12H2,2H3. The molecular formula is C24H26Cl3NO3S. The monoisotopic (exact) mass is 513 g/mol. The molecule has 8 heteroatoms. The highest BCUT2D eigenvalue weighted by Gasteiger charge is 2.25. The summed E-state index contributed by atoms with van der Waals surface area (Å²) in [4.78, 5) is 16.5. The Morgan fingerprint density at radius 3 is 2.38 bits per heavy atom. The van der Waals surface area contributed by atoms with Crippen LogP contribution in [0, 0.1) is 5.92 Å². The lowest BCUT2D eigenvalue weighted by Gasteiger charge is -2.32. The number of halogens is 3. The smallest absolute Gasteiger partial charge is 0.253 e. The average molecular weight is 515 g/mol. The molecule has 4 nitrogen and oxygen atoms in total. The van der Waals surface area contributed by atoms with Gasteiger partial charge in [0.2, 0.25) is 0 Å².